The third-order valence-electron chi connectivity index (χ3n) is 3.71. The Morgan fingerprint density at radius 2 is 1.92 bits per heavy atom. The Labute approximate surface area is 153 Å². The maximum Gasteiger partial charge on any atom is 0.220 e. The summed E-state index contributed by atoms with van der Waals surface area (Å²) in [6.45, 7) is 0.373. The minimum Gasteiger partial charge on any atom is -0.351 e. The minimum atomic E-state index is -0.287. The summed E-state index contributed by atoms with van der Waals surface area (Å²) in [5.41, 5.74) is 1.23. The first-order valence-corrected chi connectivity index (χ1v) is 9.55. The number of amides is 1. The fourth-order valence-corrected chi connectivity index (χ4v) is 3.90. The number of benzene rings is 1. The molecule has 2 heterocycles. The van der Waals surface area contributed by atoms with Crippen molar-refractivity contribution in [1.82, 2.24) is 5.32 Å². The van der Waals surface area contributed by atoms with E-state index in [0.29, 0.717) is 29.0 Å². The van der Waals surface area contributed by atoms with Gasteiger partial charge in [-0.15, -0.1) is 11.3 Å². The van der Waals surface area contributed by atoms with Gasteiger partial charge >= 0.3 is 0 Å². The first-order valence-electron chi connectivity index (χ1n) is 7.79. The molecule has 0 saturated carbocycles. The van der Waals surface area contributed by atoms with Crippen LogP contribution in [0.25, 0.3) is 0 Å². The van der Waals surface area contributed by atoms with E-state index < -0.39 is 0 Å². The lowest BCUT2D eigenvalue weighted by atomic mass is 10.1. The van der Waals surface area contributed by atoms with Crippen molar-refractivity contribution >= 4 is 34.4 Å². The highest BCUT2D eigenvalue weighted by atomic mass is 32.1. The van der Waals surface area contributed by atoms with Crippen LogP contribution in [0.3, 0.4) is 0 Å². The Morgan fingerprint density at radius 1 is 1.08 bits per heavy atom. The van der Waals surface area contributed by atoms with Crippen molar-refractivity contribution < 1.29 is 14.0 Å². The van der Waals surface area contributed by atoms with Gasteiger partial charge in [-0.05, 0) is 41.6 Å². The van der Waals surface area contributed by atoms with E-state index in [1.165, 1.54) is 28.7 Å². The number of hydrogen-bond donors (Lipinski definition) is 1. The Bertz CT molecular complexity index is 871. The van der Waals surface area contributed by atoms with Crippen LogP contribution in [0.2, 0.25) is 0 Å². The van der Waals surface area contributed by atoms with Gasteiger partial charge in [-0.1, -0.05) is 18.2 Å². The normalized spacial score (nSPS) is 10.6. The lowest BCUT2D eigenvalue weighted by Gasteiger charge is -2.04. The van der Waals surface area contributed by atoms with Crippen molar-refractivity contribution in [2.24, 2.45) is 0 Å². The van der Waals surface area contributed by atoms with Crippen LogP contribution in [0.1, 0.15) is 32.1 Å². The molecule has 0 saturated heterocycles. The summed E-state index contributed by atoms with van der Waals surface area (Å²) in [5, 5.41) is 6.51. The van der Waals surface area contributed by atoms with E-state index in [9.17, 15) is 14.0 Å². The number of aryl methyl sites for hydroxylation is 1. The van der Waals surface area contributed by atoms with Gasteiger partial charge in [0.1, 0.15) is 5.82 Å². The predicted octanol–water partition coefficient (Wildman–Crippen LogP) is 4.43. The van der Waals surface area contributed by atoms with Gasteiger partial charge in [0.05, 0.1) is 11.4 Å². The maximum absolute atomic E-state index is 13.5. The molecule has 0 aliphatic heterocycles. The summed E-state index contributed by atoms with van der Waals surface area (Å²) in [5.74, 6) is -0.420. The highest BCUT2D eigenvalue weighted by Gasteiger charge is 2.13. The van der Waals surface area contributed by atoms with E-state index in [4.69, 9.17) is 0 Å². The summed E-state index contributed by atoms with van der Waals surface area (Å²) < 4.78 is 13.5. The number of carbonyl (C=O) groups excluding carboxylic acids is 2. The zero-order valence-electron chi connectivity index (χ0n) is 13.3. The molecular formula is C19H16FNO2S2. The van der Waals surface area contributed by atoms with Crippen LogP contribution >= 0.6 is 22.7 Å². The molecule has 0 spiro atoms. The maximum atomic E-state index is 13.5. The van der Waals surface area contributed by atoms with Gasteiger partial charge in [0, 0.05) is 22.2 Å². The van der Waals surface area contributed by atoms with E-state index in [-0.39, 0.29) is 23.9 Å². The molecule has 3 aromatic rings. The number of ketones is 1. The summed E-state index contributed by atoms with van der Waals surface area (Å²) >= 11 is 2.87. The molecule has 0 radical (unpaired) electrons. The molecule has 2 aromatic heterocycles. The summed E-state index contributed by atoms with van der Waals surface area (Å²) in [4.78, 5) is 25.8. The molecule has 128 valence electrons. The van der Waals surface area contributed by atoms with Gasteiger partial charge in [0.15, 0.2) is 0 Å². The molecule has 0 atom stereocenters. The molecule has 0 aliphatic rings. The van der Waals surface area contributed by atoms with Crippen LogP contribution in [-0.2, 0) is 17.8 Å². The third-order valence-corrected chi connectivity index (χ3v) is 5.48. The number of carbonyl (C=O) groups is 2. The Morgan fingerprint density at radius 3 is 2.68 bits per heavy atom. The van der Waals surface area contributed by atoms with Gasteiger partial charge < -0.3 is 5.32 Å². The first kappa shape index (κ1) is 17.5. The van der Waals surface area contributed by atoms with Gasteiger partial charge in [-0.2, -0.15) is 11.3 Å². The SMILES string of the molecule is O=C(CCc1ccccc1F)NCc1ccc(C(=O)c2ccsc2)s1. The first-order chi connectivity index (χ1) is 12.1. The highest BCUT2D eigenvalue weighted by molar-refractivity contribution is 7.14. The van der Waals surface area contributed by atoms with Gasteiger partial charge in [0.2, 0.25) is 11.7 Å². The number of halogens is 1. The number of rotatable bonds is 7. The molecule has 0 fully saturated rings. The van der Waals surface area contributed by atoms with E-state index in [1.54, 1.807) is 30.3 Å². The highest BCUT2D eigenvalue weighted by Crippen LogP contribution is 2.21. The van der Waals surface area contributed by atoms with E-state index in [2.05, 4.69) is 5.32 Å². The van der Waals surface area contributed by atoms with E-state index in [0.717, 1.165) is 4.88 Å². The summed E-state index contributed by atoms with van der Waals surface area (Å²) in [6.07, 6.45) is 0.595. The smallest absolute Gasteiger partial charge is 0.220 e. The van der Waals surface area contributed by atoms with Gasteiger partial charge in [-0.25, -0.2) is 4.39 Å². The van der Waals surface area contributed by atoms with Crippen molar-refractivity contribution in [3.05, 3.63) is 79.9 Å². The number of hydrogen-bond acceptors (Lipinski definition) is 4. The Balaban J connectivity index is 1.49. The van der Waals surface area contributed by atoms with Crippen molar-refractivity contribution in [2.75, 3.05) is 0 Å². The van der Waals surface area contributed by atoms with E-state index in [1.807, 2.05) is 16.8 Å². The largest absolute Gasteiger partial charge is 0.351 e. The fourth-order valence-electron chi connectivity index (χ4n) is 2.35. The van der Waals surface area contributed by atoms with Crippen molar-refractivity contribution in [2.45, 2.75) is 19.4 Å². The average Bonchev–Trinajstić information content (AvgIpc) is 3.30. The zero-order valence-corrected chi connectivity index (χ0v) is 15.0. The van der Waals surface area contributed by atoms with Crippen molar-refractivity contribution in [1.29, 1.82) is 0 Å². The van der Waals surface area contributed by atoms with Gasteiger partial charge in [-0.3, -0.25) is 9.59 Å². The quantitative estimate of drug-likeness (QED) is 0.623. The van der Waals surface area contributed by atoms with Crippen LogP contribution in [0.5, 0.6) is 0 Å². The van der Waals surface area contributed by atoms with Crippen LogP contribution < -0.4 is 5.32 Å². The zero-order chi connectivity index (χ0) is 17.6. The Hall–Kier alpha value is -2.31. The minimum absolute atomic E-state index is 0.00313. The molecule has 1 aromatic carbocycles. The topological polar surface area (TPSA) is 46.2 Å². The molecule has 1 amide bonds. The summed E-state index contributed by atoms with van der Waals surface area (Å²) in [7, 11) is 0. The monoisotopic (exact) mass is 373 g/mol. The predicted molar refractivity (Wildman–Crippen MR) is 98.6 cm³/mol. The molecule has 25 heavy (non-hydrogen) atoms. The molecular weight excluding hydrogens is 357 g/mol. The van der Waals surface area contributed by atoms with Crippen LogP contribution in [0, 0.1) is 5.82 Å². The van der Waals surface area contributed by atoms with Crippen molar-refractivity contribution in [3.63, 3.8) is 0 Å². The molecule has 0 bridgehead atoms. The molecule has 3 rings (SSSR count). The third kappa shape index (κ3) is 4.61. The second-order valence-electron chi connectivity index (χ2n) is 5.48. The summed E-state index contributed by atoms with van der Waals surface area (Å²) in [6, 6.07) is 11.9. The number of thiophene rings is 2. The van der Waals surface area contributed by atoms with Crippen LogP contribution in [0.15, 0.2) is 53.2 Å². The van der Waals surface area contributed by atoms with Crippen molar-refractivity contribution in [3.8, 4) is 0 Å². The number of nitrogens with one attached hydrogen (secondary N) is 1. The average molecular weight is 373 g/mol. The second kappa shape index (κ2) is 8.18. The fraction of sp³-hybridized carbons (Fsp3) is 0.158. The van der Waals surface area contributed by atoms with Crippen LogP contribution in [0.4, 0.5) is 4.39 Å². The molecule has 3 nitrogen and oxygen atoms in total. The lowest BCUT2D eigenvalue weighted by molar-refractivity contribution is -0.121. The Kier molecular flexibility index (Phi) is 5.73. The molecule has 0 unspecified atom stereocenters. The van der Waals surface area contributed by atoms with Crippen LogP contribution in [-0.4, -0.2) is 11.7 Å². The molecule has 1 N–H and O–H groups in total. The molecule has 0 aliphatic carbocycles. The van der Waals surface area contributed by atoms with Gasteiger partial charge in [0.25, 0.3) is 0 Å². The molecule has 6 heteroatoms. The standard InChI is InChI=1S/C19H16FNO2S2/c20-16-4-2-1-3-13(16)5-8-18(22)21-11-15-6-7-17(25-15)19(23)14-9-10-24-12-14/h1-4,6-7,9-10,12H,5,8,11H2,(H,21,22). The lowest BCUT2D eigenvalue weighted by Crippen LogP contribution is -2.22. The second-order valence-corrected chi connectivity index (χ2v) is 7.42. The van der Waals surface area contributed by atoms with E-state index >= 15 is 0 Å².